The van der Waals surface area contributed by atoms with Gasteiger partial charge >= 0.3 is 5.97 Å². The van der Waals surface area contributed by atoms with Crippen LogP contribution in [-0.4, -0.2) is 23.8 Å². The molecule has 0 aromatic carbocycles. The second-order valence-electron chi connectivity index (χ2n) is 2.60. The SMILES string of the molecule is CC(C)=CCO[C@H](C)C(=O)O. The lowest BCUT2D eigenvalue weighted by atomic mass is 10.3. The number of rotatable bonds is 4. The van der Waals surface area contributed by atoms with Gasteiger partial charge in [-0.25, -0.2) is 4.79 Å². The van der Waals surface area contributed by atoms with Gasteiger partial charge in [-0.15, -0.1) is 0 Å². The zero-order chi connectivity index (χ0) is 8.85. The fourth-order valence-electron chi connectivity index (χ4n) is 0.430. The fourth-order valence-corrected chi connectivity index (χ4v) is 0.430. The molecule has 0 aromatic heterocycles. The fraction of sp³-hybridized carbons (Fsp3) is 0.625. The van der Waals surface area contributed by atoms with Crippen molar-refractivity contribution in [2.45, 2.75) is 26.9 Å². The van der Waals surface area contributed by atoms with Crippen LogP contribution >= 0.6 is 0 Å². The Morgan fingerprint density at radius 1 is 1.64 bits per heavy atom. The van der Waals surface area contributed by atoms with Crippen molar-refractivity contribution in [3.63, 3.8) is 0 Å². The van der Waals surface area contributed by atoms with Crippen LogP contribution in [0.25, 0.3) is 0 Å². The molecule has 0 aliphatic heterocycles. The lowest BCUT2D eigenvalue weighted by molar-refractivity contribution is -0.148. The highest BCUT2D eigenvalue weighted by Gasteiger charge is 2.08. The van der Waals surface area contributed by atoms with Gasteiger partial charge in [0.1, 0.15) is 0 Å². The van der Waals surface area contributed by atoms with Crippen molar-refractivity contribution in [2.75, 3.05) is 6.61 Å². The van der Waals surface area contributed by atoms with Gasteiger partial charge in [0, 0.05) is 0 Å². The molecule has 3 heteroatoms. The molecule has 0 aromatic rings. The summed E-state index contributed by atoms with van der Waals surface area (Å²) in [6.07, 6.45) is 1.13. The number of ether oxygens (including phenoxy) is 1. The van der Waals surface area contributed by atoms with Crippen LogP contribution in [0.4, 0.5) is 0 Å². The third-order valence-corrected chi connectivity index (χ3v) is 1.19. The van der Waals surface area contributed by atoms with Gasteiger partial charge in [-0.2, -0.15) is 0 Å². The summed E-state index contributed by atoms with van der Waals surface area (Å²) >= 11 is 0. The molecule has 0 aliphatic rings. The molecule has 0 aliphatic carbocycles. The number of carbonyl (C=O) groups is 1. The first-order valence-corrected chi connectivity index (χ1v) is 3.52. The highest BCUT2D eigenvalue weighted by Crippen LogP contribution is 1.93. The molecule has 0 radical (unpaired) electrons. The summed E-state index contributed by atoms with van der Waals surface area (Å²) in [7, 11) is 0. The lowest BCUT2D eigenvalue weighted by Gasteiger charge is -2.04. The molecule has 11 heavy (non-hydrogen) atoms. The Labute approximate surface area is 66.7 Å². The van der Waals surface area contributed by atoms with Crippen molar-refractivity contribution in [1.29, 1.82) is 0 Å². The molecule has 1 atom stereocenters. The normalized spacial score (nSPS) is 12.3. The first-order chi connectivity index (χ1) is 5.04. The predicted molar refractivity (Wildman–Crippen MR) is 42.5 cm³/mol. The second-order valence-corrected chi connectivity index (χ2v) is 2.60. The van der Waals surface area contributed by atoms with E-state index in [2.05, 4.69) is 0 Å². The van der Waals surface area contributed by atoms with Crippen LogP contribution in [0.2, 0.25) is 0 Å². The molecule has 0 saturated carbocycles. The van der Waals surface area contributed by atoms with Gasteiger partial charge < -0.3 is 9.84 Å². The van der Waals surface area contributed by atoms with Crippen molar-refractivity contribution in [3.8, 4) is 0 Å². The number of allylic oxidation sites excluding steroid dienone is 1. The summed E-state index contributed by atoms with van der Waals surface area (Å²) < 4.78 is 4.94. The molecule has 0 unspecified atom stereocenters. The van der Waals surface area contributed by atoms with E-state index in [1.165, 1.54) is 6.92 Å². The minimum Gasteiger partial charge on any atom is -0.479 e. The Morgan fingerprint density at radius 2 is 2.18 bits per heavy atom. The number of hydrogen-bond donors (Lipinski definition) is 1. The van der Waals surface area contributed by atoms with Crippen LogP contribution in [0, 0.1) is 0 Å². The molecule has 3 nitrogen and oxygen atoms in total. The topological polar surface area (TPSA) is 46.5 Å². The molecule has 64 valence electrons. The van der Waals surface area contributed by atoms with E-state index in [1.54, 1.807) is 0 Å². The largest absolute Gasteiger partial charge is 0.479 e. The van der Waals surface area contributed by atoms with E-state index < -0.39 is 12.1 Å². The molecule has 0 fully saturated rings. The van der Waals surface area contributed by atoms with E-state index in [-0.39, 0.29) is 0 Å². The Bertz CT molecular complexity index is 157. The standard InChI is InChI=1S/C8H14O3/c1-6(2)4-5-11-7(3)8(9)10/h4,7H,5H2,1-3H3,(H,9,10)/t7-/m1/s1. The molecular formula is C8H14O3. The second kappa shape index (κ2) is 4.91. The van der Waals surface area contributed by atoms with E-state index in [0.717, 1.165) is 5.57 Å². The number of aliphatic carboxylic acids is 1. The molecule has 0 rings (SSSR count). The van der Waals surface area contributed by atoms with Gasteiger partial charge in [-0.3, -0.25) is 0 Å². The van der Waals surface area contributed by atoms with Gasteiger partial charge in [0.15, 0.2) is 6.10 Å². The van der Waals surface area contributed by atoms with Gasteiger partial charge in [-0.1, -0.05) is 11.6 Å². The molecule has 1 N–H and O–H groups in total. The molecule has 0 amide bonds. The van der Waals surface area contributed by atoms with Gasteiger partial charge in [0.25, 0.3) is 0 Å². The Morgan fingerprint density at radius 3 is 2.55 bits per heavy atom. The summed E-state index contributed by atoms with van der Waals surface area (Å²) in [4.78, 5) is 10.2. The van der Waals surface area contributed by atoms with Gasteiger partial charge in [0.2, 0.25) is 0 Å². The number of carboxylic acid groups (broad SMARTS) is 1. The van der Waals surface area contributed by atoms with Crippen LogP contribution in [-0.2, 0) is 9.53 Å². The third-order valence-electron chi connectivity index (χ3n) is 1.19. The van der Waals surface area contributed by atoms with Crippen molar-refractivity contribution in [3.05, 3.63) is 11.6 Å². The maximum absolute atomic E-state index is 10.2. The van der Waals surface area contributed by atoms with Crippen LogP contribution in [0.1, 0.15) is 20.8 Å². The minimum atomic E-state index is -0.924. The van der Waals surface area contributed by atoms with Crippen molar-refractivity contribution < 1.29 is 14.6 Å². The molecule has 0 bridgehead atoms. The van der Waals surface area contributed by atoms with Gasteiger partial charge in [0.05, 0.1) is 6.61 Å². The molecule has 0 saturated heterocycles. The molecular weight excluding hydrogens is 144 g/mol. The quantitative estimate of drug-likeness (QED) is 0.630. The summed E-state index contributed by atoms with van der Waals surface area (Å²) in [6, 6.07) is 0. The summed E-state index contributed by atoms with van der Waals surface area (Å²) in [5.74, 6) is -0.924. The Balaban J connectivity index is 3.55. The zero-order valence-corrected chi connectivity index (χ0v) is 7.13. The van der Waals surface area contributed by atoms with Crippen molar-refractivity contribution >= 4 is 5.97 Å². The first-order valence-electron chi connectivity index (χ1n) is 3.52. The van der Waals surface area contributed by atoms with Crippen LogP contribution < -0.4 is 0 Å². The van der Waals surface area contributed by atoms with E-state index in [4.69, 9.17) is 9.84 Å². The average molecular weight is 158 g/mol. The predicted octanol–water partition coefficient (Wildman–Crippen LogP) is 1.44. The average Bonchev–Trinajstić information content (AvgIpc) is 1.86. The zero-order valence-electron chi connectivity index (χ0n) is 7.13. The van der Waals surface area contributed by atoms with E-state index in [0.29, 0.717) is 6.61 Å². The summed E-state index contributed by atoms with van der Waals surface area (Å²) in [6.45, 7) is 5.76. The molecule has 0 spiro atoms. The van der Waals surface area contributed by atoms with E-state index in [1.807, 2.05) is 19.9 Å². The van der Waals surface area contributed by atoms with E-state index >= 15 is 0 Å². The third kappa shape index (κ3) is 5.61. The maximum Gasteiger partial charge on any atom is 0.332 e. The van der Waals surface area contributed by atoms with Crippen molar-refractivity contribution in [1.82, 2.24) is 0 Å². The van der Waals surface area contributed by atoms with Crippen molar-refractivity contribution in [2.24, 2.45) is 0 Å². The van der Waals surface area contributed by atoms with Crippen LogP contribution in [0.3, 0.4) is 0 Å². The number of carboxylic acids is 1. The van der Waals surface area contributed by atoms with Crippen LogP contribution in [0.15, 0.2) is 11.6 Å². The van der Waals surface area contributed by atoms with Gasteiger partial charge in [-0.05, 0) is 20.8 Å². The number of hydrogen-bond acceptors (Lipinski definition) is 2. The summed E-state index contributed by atoms with van der Waals surface area (Å²) in [5, 5.41) is 8.40. The minimum absolute atomic E-state index is 0.371. The monoisotopic (exact) mass is 158 g/mol. The molecule has 0 heterocycles. The smallest absolute Gasteiger partial charge is 0.332 e. The highest BCUT2D eigenvalue weighted by molar-refractivity contribution is 5.71. The highest BCUT2D eigenvalue weighted by atomic mass is 16.5. The lowest BCUT2D eigenvalue weighted by Crippen LogP contribution is -2.19. The summed E-state index contributed by atoms with van der Waals surface area (Å²) in [5.41, 5.74) is 1.13. The van der Waals surface area contributed by atoms with Crippen LogP contribution in [0.5, 0.6) is 0 Å². The Hall–Kier alpha value is -0.830. The maximum atomic E-state index is 10.2. The first kappa shape index (κ1) is 10.2. The Kier molecular flexibility index (Phi) is 4.54. The van der Waals surface area contributed by atoms with E-state index in [9.17, 15) is 4.79 Å².